The molecule has 3 N–H and O–H groups in total. The molecule has 2 aromatic rings. The lowest BCUT2D eigenvalue weighted by atomic mass is 9.86. The normalized spacial score (nSPS) is 14.5. The van der Waals surface area contributed by atoms with Crippen LogP contribution in [0.4, 0.5) is 5.69 Å². The molecule has 0 radical (unpaired) electrons. The summed E-state index contributed by atoms with van der Waals surface area (Å²) in [5, 5.41) is 8.40. The van der Waals surface area contributed by atoms with Crippen LogP contribution in [0, 0.1) is 0 Å². The van der Waals surface area contributed by atoms with Crippen molar-refractivity contribution in [3.05, 3.63) is 65.2 Å². The van der Waals surface area contributed by atoms with Crippen molar-refractivity contribution < 1.29 is 14.4 Å². The van der Waals surface area contributed by atoms with E-state index in [1.54, 1.807) is 43.3 Å². The fraction of sp³-hybridized carbons (Fsp3) is 0.375. The smallest absolute Gasteiger partial charge is 0.251 e. The van der Waals surface area contributed by atoms with Gasteiger partial charge in [0.1, 0.15) is 6.04 Å². The Morgan fingerprint density at radius 2 is 1.40 bits per heavy atom. The molecule has 30 heavy (non-hydrogen) atoms. The third-order valence-electron chi connectivity index (χ3n) is 5.08. The molecule has 3 amide bonds. The van der Waals surface area contributed by atoms with Gasteiger partial charge in [-0.25, -0.2) is 0 Å². The van der Waals surface area contributed by atoms with Gasteiger partial charge in [0.25, 0.3) is 11.8 Å². The molecule has 1 atom stereocenters. The molecule has 2 aromatic carbocycles. The molecule has 0 aromatic heterocycles. The summed E-state index contributed by atoms with van der Waals surface area (Å²) in [5.41, 5.74) is 2.78. The molecule has 3 rings (SSSR count). The van der Waals surface area contributed by atoms with Crippen molar-refractivity contribution in [2.45, 2.75) is 58.0 Å². The van der Waals surface area contributed by atoms with Crippen molar-refractivity contribution in [3.8, 4) is 0 Å². The molecule has 1 unspecified atom stereocenters. The van der Waals surface area contributed by atoms with Crippen molar-refractivity contribution >= 4 is 23.4 Å². The van der Waals surface area contributed by atoms with Gasteiger partial charge in [-0.15, -0.1) is 0 Å². The van der Waals surface area contributed by atoms with E-state index in [-0.39, 0.29) is 23.1 Å². The largest absolute Gasteiger partial charge is 0.349 e. The van der Waals surface area contributed by atoms with Crippen molar-refractivity contribution in [2.75, 3.05) is 5.32 Å². The summed E-state index contributed by atoms with van der Waals surface area (Å²) in [4.78, 5) is 36.9. The second-order valence-electron chi connectivity index (χ2n) is 8.84. The second kappa shape index (κ2) is 8.69. The zero-order valence-corrected chi connectivity index (χ0v) is 17.9. The molecular weight excluding hydrogens is 378 g/mol. The molecular formula is C24H29N3O3. The number of hydrogen-bond acceptors (Lipinski definition) is 3. The van der Waals surface area contributed by atoms with Gasteiger partial charge in [0.2, 0.25) is 5.91 Å². The molecule has 0 saturated heterocycles. The van der Waals surface area contributed by atoms with Crippen LogP contribution < -0.4 is 16.0 Å². The third kappa shape index (κ3) is 5.69. The molecule has 0 spiro atoms. The summed E-state index contributed by atoms with van der Waals surface area (Å²) in [7, 11) is 0. The number of hydrogen-bond donors (Lipinski definition) is 3. The highest BCUT2D eigenvalue weighted by molar-refractivity contribution is 6.01. The van der Waals surface area contributed by atoms with E-state index in [2.05, 4.69) is 36.7 Å². The third-order valence-corrected chi connectivity index (χ3v) is 5.08. The van der Waals surface area contributed by atoms with Crippen LogP contribution in [0.25, 0.3) is 0 Å². The predicted octanol–water partition coefficient (Wildman–Crippen LogP) is 3.63. The summed E-state index contributed by atoms with van der Waals surface area (Å²) in [6, 6.07) is 13.7. The Morgan fingerprint density at radius 3 is 1.93 bits per heavy atom. The van der Waals surface area contributed by atoms with Crippen LogP contribution in [0.1, 0.15) is 66.8 Å². The van der Waals surface area contributed by atoms with Crippen molar-refractivity contribution in [1.29, 1.82) is 0 Å². The summed E-state index contributed by atoms with van der Waals surface area (Å²) in [6.07, 6.45) is 2.06. The quantitative estimate of drug-likeness (QED) is 0.683. The first-order chi connectivity index (χ1) is 14.1. The summed E-state index contributed by atoms with van der Waals surface area (Å²) in [5.74, 6) is -0.733. The van der Waals surface area contributed by atoms with Gasteiger partial charge in [0.15, 0.2) is 0 Å². The highest BCUT2D eigenvalue weighted by atomic mass is 16.2. The predicted molar refractivity (Wildman–Crippen MR) is 118 cm³/mol. The molecule has 6 nitrogen and oxygen atoms in total. The molecule has 158 valence electrons. The van der Waals surface area contributed by atoms with E-state index in [4.69, 9.17) is 0 Å². The monoisotopic (exact) mass is 407 g/mol. The minimum Gasteiger partial charge on any atom is -0.349 e. The minimum atomic E-state index is -0.711. The van der Waals surface area contributed by atoms with Gasteiger partial charge in [0, 0.05) is 22.9 Å². The van der Waals surface area contributed by atoms with Crippen LogP contribution in [-0.4, -0.2) is 29.8 Å². The number of benzene rings is 2. The molecule has 1 aliphatic rings. The number of carbonyl (C=O) groups excluding carboxylic acids is 3. The Balaban J connectivity index is 1.53. The highest BCUT2D eigenvalue weighted by Gasteiger charge is 2.24. The number of rotatable bonds is 6. The van der Waals surface area contributed by atoms with Gasteiger partial charge >= 0.3 is 0 Å². The summed E-state index contributed by atoms with van der Waals surface area (Å²) >= 11 is 0. The zero-order valence-electron chi connectivity index (χ0n) is 17.9. The summed E-state index contributed by atoms with van der Waals surface area (Å²) in [6.45, 7) is 7.97. The van der Waals surface area contributed by atoms with Crippen molar-refractivity contribution in [3.63, 3.8) is 0 Å². The Kier molecular flexibility index (Phi) is 6.25. The SMILES string of the molecule is CC(NC(=O)c1ccc(C(C)(C)C)cc1)C(=O)Nc1ccc(C(=O)NC2CC2)cc1. The van der Waals surface area contributed by atoms with E-state index in [1.807, 2.05) is 12.1 Å². The molecule has 0 bridgehead atoms. The molecule has 1 aliphatic carbocycles. The second-order valence-corrected chi connectivity index (χ2v) is 8.84. The lowest BCUT2D eigenvalue weighted by Crippen LogP contribution is -2.41. The van der Waals surface area contributed by atoms with Crippen molar-refractivity contribution in [1.82, 2.24) is 10.6 Å². The average molecular weight is 408 g/mol. The van der Waals surface area contributed by atoms with E-state index >= 15 is 0 Å². The number of amides is 3. The Morgan fingerprint density at radius 1 is 0.867 bits per heavy atom. The topological polar surface area (TPSA) is 87.3 Å². The standard InChI is InChI=1S/C24H29N3O3/c1-15(25-22(29)16-5-9-18(10-6-16)24(2,3)4)21(28)26-19-11-7-17(8-12-19)23(30)27-20-13-14-20/h5-12,15,20H,13-14H2,1-4H3,(H,25,29)(H,26,28)(H,27,30). The van der Waals surface area contributed by atoms with Crippen LogP contribution >= 0.6 is 0 Å². The van der Waals surface area contributed by atoms with E-state index < -0.39 is 6.04 Å². The minimum absolute atomic E-state index is 0.0102. The van der Waals surface area contributed by atoms with Crippen LogP contribution in [0.5, 0.6) is 0 Å². The Bertz CT molecular complexity index is 924. The Labute approximate surface area is 177 Å². The van der Waals surface area contributed by atoms with Gasteiger partial charge in [-0.05, 0) is 67.1 Å². The zero-order chi connectivity index (χ0) is 21.9. The fourth-order valence-corrected chi connectivity index (χ4v) is 2.92. The number of anilines is 1. The lowest BCUT2D eigenvalue weighted by Gasteiger charge is -2.19. The molecule has 0 heterocycles. The summed E-state index contributed by atoms with van der Waals surface area (Å²) < 4.78 is 0. The Hall–Kier alpha value is -3.15. The van der Waals surface area contributed by atoms with Gasteiger partial charge in [-0.1, -0.05) is 32.9 Å². The maximum atomic E-state index is 12.5. The first-order valence-electron chi connectivity index (χ1n) is 10.3. The van der Waals surface area contributed by atoms with Crippen LogP contribution in [0.2, 0.25) is 0 Å². The molecule has 0 aliphatic heterocycles. The maximum Gasteiger partial charge on any atom is 0.251 e. The van der Waals surface area contributed by atoms with Crippen LogP contribution in [0.15, 0.2) is 48.5 Å². The fourth-order valence-electron chi connectivity index (χ4n) is 2.92. The van der Waals surface area contributed by atoms with Gasteiger partial charge in [-0.2, -0.15) is 0 Å². The van der Waals surface area contributed by atoms with Gasteiger partial charge in [0.05, 0.1) is 0 Å². The maximum absolute atomic E-state index is 12.5. The molecule has 6 heteroatoms. The molecule has 1 fully saturated rings. The lowest BCUT2D eigenvalue weighted by molar-refractivity contribution is -0.117. The highest BCUT2D eigenvalue weighted by Crippen LogP contribution is 2.22. The number of nitrogens with one attached hydrogen (secondary N) is 3. The van der Waals surface area contributed by atoms with Gasteiger partial charge < -0.3 is 16.0 Å². The van der Waals surface area contributed by atoms with E-state index in [0.29, 0.717) is 22.9 Å². The first kappa shape index (κ1) is 21.6. The number of carbonyl (C=O) groups is 3. The van der Waals surface area contributed by atoms with Crippen LogP contribution in [-0.2, 0) is 10.2 Å². The van der Waals surface area contributed by atoms with E-state index in [9.17, 15) is 14.4 Å². The first-order valence-corrected chi connectivity index (χ1v) is 10.3. The van der Waals surface area contributed by atoms with Crippen LogP contribution in [0.3, 0.4) is 0 Å². The van der Waals surface area contributed by atoms with Gasteiger partial charge in [-0.3, -0.25) is 14.4 Å². The average Bonchev–Trinajstić information content (AvgIpc) is 3.51. The van der Waals surface area contributed by atoms with Crippen molar-refractivity contribution in [2.24, 2.45) is 0 Å². The van der Waals surface area contributed by atoms with E-state index in [1.165, 1.54) is 0 Å². The van der Waals surface area contributed by atoms with E-state index in [0.717, 1.165) is 18.4 Å². The molecule has 1 saturated carbocycles.